The second kappa shape index (κ2) is 6.54. The van der Waals surface area contributed by atoms with Gasteiger partial charge in [-0.1, -0.05) is 11.6 Å². The zero-order valence-electron chi connectivity index (χ0n) is 12.7. The molecule has 0 spiro atoms. The molecule has 6 heteroatoms. The first-order valence-corrected chi connectivity index (χ1v) is 7.88. The number of rotatable bonds is 3. The van der Waals surface area contributed by atoms with Crippen LogP contribution in [-0.2, 0) is 11.2 Å². The highest BCUT2D eigenvalue weighted by molar-refractivity contribution is 6.32. The van der Waals surface area contributed by atoms with Gasteiger partial charge in [0.2, 0.25) is 5.91 Å². The smallest absolute Gasteiger partial charge is 0.243 e. The van der Waals surface area contributed by atoms with E-state index >= 15 is 0 Å². The molecule has 1 aromatic heterocycles. The SMILES string of the molecule is CC1CCc2cc(F)ccc2N1CC(=O)Nc1cccnc1Cl. The van der Waals surface area contributed by atoms with Crippen molar-refractivity contribution in [3.05, 3.63) is 53.1 Å². The Bertz CT molecular complexity index is 738. The minimum Gasteiger partial charge on any atom is -0.359 e. The number of halogens is 2. The molecule has 1 aromatic carbocycles. The summed E-state index contributed by atoms with van der Waals surface area (Å²) in [6, 6.07) is 8.34. The average molecular weight is 334 g/mol. The van der Waals surface area contributed by atoms with Crippen LogP contribution in [0.3, 0.4) is 0 Å². The van der Waals surface area contributed by atoms with E-state index in [1.54, 1.807) is 30.5 Å². The minimum absolute atomic E-state index is 0.177. The Kier molecular flexibility index (Phi) is 4.48. The van der Waals surface area contributed by atoms with E-state index in [0.717, 1.165) is 24.1 Å². The van der Waals surface area contributed by atoms with Crippen molar-refractivity contribution >= 4 is 28.9 Å². The number of nitrogens with zero attached hydrogens (tertiary/aromatic N) is 2. The van der Waals surface area contributed by atoms with Crippen molar-refractivity contribution in [3.63, 3.8) is 0 Å². The van der Waals surface area contributed by atoms with Gasteiger partial charge in [0.15, 0.2) is 5.15 Å². The van der Waals surface area contributed by atoms with E-state index < -0.39 is 0 Å². The Labute approximate surface area is 139 Å². The van der Waals surface area contributed by atoms with Crippen LogP contribution in [0, 0.1) is 5.82 Å². The van der Waals surface area contributed by atoms with Gasteiger partial charge in [-0.25, -0.2) is 9.37 Å². The van der Waals surface area contributed by atoms with Gasteiger partial charge >= 0.3 is 0 Å². The van der Waals surface area contributed by atoms with Crippen LogP contribution in [0.4, 0.5) is 15.8 Å². The number of fused-ring (bicyclic) bond motifs is 1. The number of hydrogen-bond donors (Lipinski definition) is 1. The summed E-state index contributed by atoms with van der Waals surface area (Å²) in [5, 5.41) is 3.03. The van der Waals surface area contributed by atoms with Gasteiger partial charge in [0, 0.05) is 17.9 Å². The molecule has 1 amide bonds. The fourth-order valence-corrected chi connectivity index (χ4v) is 3.02. The average Bonchev–Trinajstić information content (AvgIpc) is 2.52. The number of nitrogens with one attached hydrogen (secondary N) is 1. The van der Waals surface area contributed by atoms with Gasteiger partial charge in [-0.05, 0) is 55.7 Å². The zero-order chi connectivity index (χ0) is 16.4. The van der Waals surface area contributed by atoms with Gasteiger partial charge in [0.05, 0.1) is 12.2 Å². The largest absolute Gasteiger partial charge is 0.359 e. The summed E-state index contributed by atoms with van der Waals surface area (Å²) in [4.78, 5) is 18.3. The maximum Gasteiger partial charge on any atom is 0.243 e. The van der Waals surface area contributed by atoms with Crippen molar-refractivity contribution in [1.82, 2.24) is 4.98 Å². The molecule has 1 aliphatic rings. The first-order valence-electron chi connectivity index (χ1n) is 7.50. The molecule has 0 aliphatic carbocycles. The number of aromatic nitrogens is 1. The standard InChI is InChI=1S/C17H17ClFN3O/c1-11-4-5-12-9-13(19)6-7-15(12)22(11)10-16(23)21-14-3-2-8-20-17(14)18/h2-3,6-9,11H,4-5,10H2,1H3,(H,21,23). The molecule has 4 nitrogen and oxygen atoms in total. The van der Waals surface area contributed by atoms with Gasteiger partial charge in [-0.15, -0.1) is 0 Å². The van der Waals surface area contributed by atoms with Crippen molar-refractivity contribution in [2.45, 2.75) is 25.8 Å². The van der Waals surface area contributed by atoms with Crippen molar-refractivity contribution in [2.24, 2.45) is 0 Å². The molecule has 120 valence electrons. The zero-order valence-corrected chi connectivity index (χ0v) is 13.5. The third-order valence-electron chi connectivity index (χ3n) is 4.06. The first kappa shape index (κ1) is 15.7. The van der Waals surface area contributed by atoms with E-state index in [2.05, 4.69) is 17.2 Å². The molecular formula is C17H17ClFN3O. The lowest BCUT2D eigenvalue weighted by molar-refractivity contribution is -0.115. The Morgan fingerprint density at radius 2 is 2.30 bits per heavy atom. The van der Waals surface area contributed by atoms with E-state index in [4.69, 9.17) is 11.6 Å². The van der Waals surface area contributed by atoms with E-state index in [1.807, 2.05) is 4.90 Å². The lowest BCUT2D eigenvalue weighted by Crippen LogP contribution is -2.42. The van der Waals surface area contributed by atoms with Crippen molar-refractivity contribution in [2.75, 3.05) is 16.8 Å². The van der Waals surface area contributed by atoms with Crippen molar-refractivity contribution in [3.8, 4) is 0 Å². The monoisotopic (exact) mass is 333 g/mol. The number of benzene rings is 1. The summed E-state index contributed by atoms with van der Waals surface area (Å²) in [5.74, 6) is -0.422. The first-order chi connectivity index (χ1) is 11.0. The molecule has 1 aliphatic heterocycles. The van der Waals surface area contributed by atoms with Gasteiger partial charge in [-0.3, -0.25) is 4.79 Å². The number of aryl methyl sites for hydroxylation is 1. The lowest BCUT2D eigenvalue weighted by atomic mass is 9.96. The molecule has 0 fully saturated rings. The van der Waals surface area contributed by atoms with E-state index in [0.29, 0.717) is 5.69 Å². The summed E-state index contributed by atoms with van der Waals surface area (Å²) in [6.07, 6.45) is 3.27. The second-order valence-corrected chi connectivity index (χ2v) is 6.04. The summed E-state index contributed by atoms with van der Waals surface area (Å²) < 4.78 is 13.4. The van der Waals surface area contributed by atoms with E-state index in [1.165, 1.54) is 6.07 Å². The summed E-state index contributed by atoms with van der Waals surface area (Å²) in [5.41, 5.74) is 2.34. The molecule has 0 saturated carbocycles. The normalized spacial score (nSPS) is 16.8. The second-order valence-electron chi connectivity index (χ2n) is 5.68. The molecule has 3 rings (SSSR count). The Morgan fingerprint density at radius 3 is 3.09 bits per heavy atom. The molecule has 1 N–H and O–H groups in total. The van der Waals surface area contributed by atoms with Crippen LogP contribution in [0.1, 0.15) is 18.9 Å². The van der Waals surface area contributed by atoms with Crippen LogP contribution in [0.2, 0.25) is 5.15 Å². The molecule has 1 unspecified atom stereocenters. The third kappa shape index (κ3) is 3.45. The highest BCUT2D eigenvalue weighted by atomic mass is 35.5. The van der Waals surface area contributed by atoms with Gasteiger partial charge in [-0.2, -0.15) is 0 Å². The summed E-state index contributed by atoms with van der Waals surface area (Å²) >= 11 is 5.96. The molecule has 2 aromatic rings. The van der Waals surface area contributed by atoms with Crippen LogP contribution in [0.15, 0.2) is 36.5 Å². The number of anilines is 2. The third-order valence-corrected chi connectivity index (χ3v) is 4.36. The topological polar surface area (TPSA) is 45.2 Å². The van der Waals surface area contributed by atoms with E-state index in [9.17, 15) is 9.18 Å². The Morgan fingerprint density at radius 1 is 1.48 bits per heavy atom. The molecule has 1 atom stereocenters. The maximum absolute atomic E-state index is 13.4. The highest BCUT2D eigenvalue weighted by Crippen LogP contribution is 2.31. The van der Waals surface area contributed by atoms with Crippen LogP contribution in [-0.4, -0.2) is 23.5 Å². The van der Waals surface area contributed by atoms with Crippen LogP contribution in [0.25, 0.3) is 0 Å². The highest BCUT2D eigenvalue weighted by Gasteiger charge is 2.25. The van der Waals surface area contributed by atoms with E-state index in [-0.39, 0.29) is 29.5 Å². The molecule has 0 saturated heterocycles. The number of carbonyl (C=O) groups is 1. The lowest BCUT2D eigenvalue weighted by Gasteiger charge is -2.36. The van der Waals surface area contributed by atoms with Crippen LogP contribution in [0.5, 0.6) is 0 Å². The molecule has 2 heterocycles. The van der Waals surface area contributed by atoms with Crippen molar-refractivity contribution in [1.29, 1.82) is 0 Å². The summed E-state index contributed by atoms with van der Waals surface area (Å²) in [7, 11) is 0. The Balaban J connectivity index is 1.77. The number of pyridine rings is 1. The summed E-state index contributed by atoms with van der Waals surface area (Å²) in [6.45, 7) is 2.25. The Hall–Kier alpha value is -2.14. The minimum atomic E-state index is -0.246. The number of amides is 1. The van der Waals surface area contributed by atoms with Crippen LogP contribution < -0.4 is 10.2 Å². The predicted octanol–water partition coefficient (Wildman–Crippen LogP) is 3.65. The van der Waals surface area contributed by atoms with Crippen molar-refractivity contribution < 1.29 is 9.18 Å². The van der Waals surface area contributed by atoms with Gasteiger partial charge in [0.1, 0.15) is 5.82 Å². The molecule has 0 radical (unpaired) electrons. The predicted molar refractivity (Wildman–Crippen MR) is 89.4 cm³/mol. The quantitative estimate of drug-likeness (QED) is 0.872. The maximum atomic E-state index is 13.4. The molecule has 0 bridgehead atoms. The molecule has 23 heavy (non-hydrogen) atoms. The fourth-order valence-electron chi connectivity index (χ4n) is 2.86. The fraction of sp³-hybridized carbons (Fsp3) is 0.294. The van der Waals surface area contributed by atoms with Crippen LogP contribution >= 0.6 is 11.6 Å². The number of carbonyl (C=O) groups excluding carboxylic acids is 1. The van der Waals surface area contributed by atoms with Gasteiger partial charge in [0.25, 0.3) is 0 Å². The molecular weight excluding hydrogens is 317 g/mol. The number of hydrogen-bond acceptors (Lipinski definition) is 3. The van der Waals surface area contributed by atoms with Gasteiger partial charge < -0.3 is 10.2 Å².